The predicted octanol–water partition coefficient (Wildman–Crippen LogP) is 2.59. The van der Waals surface area contributed by atoms with Gasteiger partial charge in [-0.05, 0) is 51.1 Å². The number of benzene rings is 1. The Bertz CT molecular complexity index is 590. The highest BCUT2D eigenvalue weighted by molar-refractivity contribution is 5.78. The third-order valence-corrected chi connectivity index (χ3v) is 3.80. The van der Waals surface area contributed by atoms with Crippen molar-refractivity contribution in [2.24, 2.45) is 0 Å². The van der Waals surface area contributed by atoms with Crippen molar-refractivity contribution in [1.82, 2.24) is 9.88 Å². The molecular formula is C15H21N3O. The monoisotopic (exact) mass is 259 g/mol. The van der Waals surface area contributed by atoms with Gasteiger partial charge in [-0.15, -0.1) is 0 Å². The molecule has 0 aliphatic carbocycles. The molecule has 4 nitrogen and oxygen atoms in total. The number of likely N-dealkylation sites (N-methyl/N-ethyl adjacent to an activating group) is 1. The van der Waals surface area contributed by atoms with E-state index < -0.39 is 0 Å². The van der Waals surface area contributed by atoms with E-state index in [0.29, 0.717) is 0 Å². The molecule has 0 radical (unpaired) electrons. The number of fused-ring (bicyclic) bond motifs is 1. The number of nitrogens with zero attached hydrogens (tertiary/aromatic N) is 3. The number of anilines is 1. The van der Waals surface area contributed by atoms with E-state index in [1.165, 1.54) is 11.1 Å². The van der Waals surface area contributed by atoms with Crippen molar-refractivity contribution in [3.05, 3.63) is 23.3 Å². The molecule has 1 aromatic carbocycles. The largest absolute Gasteiger partial charge is 0.423 e. The standard InChI is InChI=1S/C15H21N3O/c1-11-9-12(2)14-13(10-11)16-15(19-14)18-6-4-5-17(3)7-8-18/h9-10H,4-8H2,1-3H3. The Hall–Kier alpha value is -1.55. The highest BCUT2D eigenvalue weighted by Gasteiger charge is 2.18. The van der Waals surface area contributed by atoms with Gasteiger partial charge in [0.05, 0.1) is 0 Å². The summed E-state index contributed by atoms with van der Waals surface area (Å²) in [5.41, 5.74) is 4.31. The van der Waals surface area contributed by atoms with Crippen LogP contribution in [0.25, 0.3) is 11.1 Å². The lowest BCUT2D eigenvalue weighted by Crippen LogP contribution is -2.28. The highest BCUT2D eigenvalue weighted by Crippen LogP contribution is 2.26. The second-order valence-electron chi connectivity index (χ2n) is 5.57. The van der Waals surface area contributed by atoms with E-state index in [-0.39, 0.29) is 0 Å². The van der Waals surface area contributed by atoms with E-state index in [1.54, 1.807) is 0 Å². The summed E-state index contributed by atoms with van der Waals surface area (Å²) in [5.74, 6) is 0. The number of aromatic nitrogens is 1. The fourth-order valence-corrected chi connectivity index (χ4v) is 2.74. The molecule has 3 rings (SSSR count). The topological polar surface area (TPSA) is 32.5 Å². The van der Waals surface area contributed by atoms with Crippen LogP contribution in [0.15, 0.2) is 16.5 Å². The molecule has 1 aromatic heterocycles. The normalized spacial score (nSPS) is 17.9. The van der Waals surface area contributed by atoms with Gasteiger partial charge in [-0.2, -0.15) is 4.98 Å². The summed E-state index contributed by atoms with van der Waals surface area (Å²) < 4.78 is 5.98. The van der Waals surface area contributed by atoms with E-state index in [0.717, 1.165) is 49.7 Å². The quantitative estimate of drug-likeness (QED) is 0.788. The molecule has 0 amide bonds. The molecule has 1 fully saturated rings. The first-order valence-electron chi connectivity index (χ1n) is 6.95. The maximum atomic E-state index is 5.98. The molecule has 1 aliphatic rings. The lowest BCUT2D eigenvalue weighted by atomic mass is 10.1. The third-order valence-electron chi connectivity index (χ3n) is 3.80. The Balaban J connectivity index is 1.94. The number of aryl methyl sites for hydroxylation is 2. The van der Waals surface area contributed by atoms with Crippen LogP contribution >= 0.6 is 0 Å². The van der Waals surface area contributed by atoms with Crippen molar-refractivity contribution < 1.29 is 4.42 Å². The number of hydrogen-bond donors (Lipinski definition) is 0. The highest BCUT2D eigenvalue weighted by atomic mass is 16.4. The Morgan fingerprint density at radius 1 is 1.11 bits per heavy atom. The first-order valence-corrected chi connectivity index (χ1v) is 6.95. The molecule has 0 spiro atoms. The van der Waals surface area contributed by atoms with Gasteiger partial charge in [0, 0.05) is 19.6 Å². The minimum absolute atomic E-state index is 0.777. The number of rotatable bonds is 1. The molecule has 1 aliphatic heterocycles. The van der Waals surface area contributed by atoms with Gasteiger partial charge in [0.25, 0.3) is 6.01 Å². The van der Waals surface area contributed by atoms with Gasteiger partial charge in [-0.25, -0.2) is 0 Å². The third kappa shape index (κ3) is 2.45. The second-order valence-corrected chi connectivity index (χ2v) is 5.57. The van der Waals surface area contributed by atoms with Crippen molar-refractivity contribution in [3.63, 3.8) is 0 Å². The predicted molar refractivity (Wildman–Crippen MR) is 77.8 cm³/mol. The van der Waals surface area contributed by atoms with E-state index in [9.17, 15) is 0 Å². The van der Waals surface area contributed by atoms with Crippen LogP contribution in [0.4, 0.5) is 6.01 Å². The van der Waals surface area contributed by atoms with Crippen molar-refractivity contribution >= 4 is 17.1 Å². The summed E-state index contributed by atoms with van der Waals surface area (Å²) in [7, 11) is 2.17. The first-order chi connectivity index (χ1) is 9.13. The van der Waals surface area contributed by atoms with Crippen LogP contribution in [0.3, 0.4) is 0 Å². The Morgan fingerprint density at radius 2 is 1.95 bits per heavy atom. The first kappa shape index (κ1) is 12.5. The van der Waals surface area contributed by atoms with Gasteiger partial charge in [-0.3, -0.25) is 0 Å². The number of oxazole rings is 1. The second kappa shape index (κ2) is 4.85. The van der Waals surface area contributed by atoms with Crippen LogP contribution in [0.2, 0.25) is 0 Å². The molecule has 2 heterocycles. The maximum absolute atomic E-state index is 5.98. The average Bonchev–Trinajstić information content (AvgIpc) is 2.65. The average molecular weight is 259 g/mol. The minimum atomic E-state index is 0.777. The van der Waals surface area contributed by atoms with E-state index >= 15 is 0 Å². The Kier molecular flexibility index (Phi) is 3.19. The zero-order chi connectivity index (χ0) is 13.4. The summed E-state index contributed by atoms with van der Waals surface area (Å²) in [6.45, 7) is 8.41. The van der Waals surface area contributed by atoms with Crippen LogP contribution in [-0.2, 0) is 0 Å². The van der Waals surface area contributed by atoms with Crippen LogP contribution in [-0.4, -0.2) is 43.1 Å². The smallest absolute Gasteiger partial charge is 0.298 e. The zero-order valence-electron chi connectivity index (χ0n) is 11.9. The van der Waals surface area contributed by atoms with Crippen molar-refractivity contribution in [3.8, 4) is 0 Å². The molecule has 1 saturated heterocycles. The van der Waals surface area contributed by atoms with Gasteiger partial charge in [0.2, 0.25) is 0 Å². The summed E-state index contributed by atoms with van der Waals surface area (Å²) in [5, 5.41) is 0. The van der Waals surface area contributed by atoms with E-state index in [2.05, 4.69) is 47.8 Å². The molecule has 2 aromatic rings. The van der Waals surface area contributed by atoms with E-state index in [4.69, 9.17) is 4.42 Å². The molecular weight excluding hydrogens is 238 g/mol. The molecule has 0 N–H and O–H groups in total. The van der Waals surface area contributed by atoms with Crippen molar-refractivity contribution in [2.75, 3.05) is 38.1 Å². The molecule has 4 heteroatoms. The fourth-order valence-electron chi connectivity index (χ4n) is 2.74. The van der Waals surface area contributed by atoms with Crippen molar-refractivity contribution in [2.45, 2.75) is 20.3 Å². The molecule has 102 valence electrons. The van der Waals surface area contributed by atoms with Crippen LogP contribution in [0.5, 0.6) is 0 Å². The summed E-state index contributed by atoms with van der Waals surface area (Å²) in [6, 6.07) is 5.02. The minimum Gasteiger partial charge on any atom is -0.423 e. The van der Waals surface area contributed by atoms with Gasteiger partial charge in [-0.1, -0.05) is 6.07 Å². The Labute approximate surface area is 114 Å². The van der Waals surface area contributed by atoms with Crippen LogP contribution < -0.4 is 4.90 Å². The van der Waals surface area contributed by atoms with Gasteiger partial charge in [0.15, 0.2) is 5.58 Å². The zero-order valence-corrected chi connectivity index (χ0v) is 11.9. The molecule has 0 unspecified atom stereocenters. The molecule has 19 heavy (non-hydrogen) atoms. The lowest BCUT2D eigenvalue weighted by molar-refractivity contribution is 0.359. The lowest BCUT2D eigenvalue weighted by Gasteiger charge is -2.17. The van der Waals surface area contributed by atoms with Crippen LogP contribution in [0.1, 0.15) is 17.5 Å². The number of hydrogen-bond acceptors (Lipinski definition) is 4. The van der Waals surface area contributed by atoms with Gasteiger partial charge < -0.3 is 14.2 Å². The molecule has 0 saturated carbocycles. The van der Waals surface area contributed by atoms with Crippen molar-refractivity contribution in [1.29, 1.82) is 0 Å². The molecule has 0 bridgehead atoms. The van der Waals surface area contributed by atoms with E-state index in [1.807, 2.05) is 0 Å². The SMILES string of the molecule is Cc1cc(C)c2oc(N3CCCN(C)CC3)nc2c1. The fraction of sp³-hybridized carbons (Fsp3) is 0.533. The summed E-state index contributed by atoms with van der Waals surface area (Å²) >= 11 is 0. The molecule has 0 atom stereocenters. The summed E-state index contributed by atoms with van der Waals surface area (Å²) in [6.07, 6.45) is 1.16. The maximum Gasteiger partial charge on any atom is 0.298 e. The Morgan fingerprint density at radius 3 is 2.79 bits per heavy atom. The van der Waals surface area contributed by atoms with Crippen LogP contribution in [0, 0.1) is 13.8 Å². The van der Waals surface area contributed by atoms with Gasteiger partial charge >= 0.3 is 0 Å². The summed E-state index contributed by atoms with van der Waals surface area (Å²) in [4.78, 5) is 9.29. The van der Waals surface area contributed by atoms with Gasteiger partial charge in [0.1, 0.15) is 5.52 Å².